The van der Waals surface area contributed by atoms with Crippen LogP contribution < -0.4 is 5.32 Å². The normalized spacial score (nSPS) is 9.50. The van der Waals surface area contributed by atoms with Crippen molar-refractivity contribution in [3.63, 3.8) is 0 Å². The molecule has 1 rings (SSSR count). The van der Waals surface area contributed by atoms with Crippen LogP contribution in [0.25, 0.3) is 0 Å². The first-order valence-electron chi connectivity index (χ1n) is 3.78. The van der Waals surface area contributed by atoms with Gasteiger partial charge in [-0.25, -0.2) is 0 Å². The number of pyridine rings is 1. The van der Waals surface area contributed by atoms with Gasteiger partial charge in [0.05, 0.1) is 0 Å². The second kappa shape index (κ2) is 4.71. The Balaban J connectivity index is 2.84. The van der Waals surface area contributed by atoms with Gasteiger partial charge in [0.1, 0.15) is 11.9 Å². The number of rotatable bonds is 4. The lowest BCUT2D eigenvalue weighted by molar-refractivity contribution is -0.388. The molecule has 0 spiro atoms. The number of nitro groups is 1. The number of nitrogens with one attached hydrogen (secondary N) is 1. The van der Waals surface area contributed by atoms with Gasteiger partial charge in [0.2, 0.25) is 0 Å². The van der Waals surface area contributed by atoms with Gasteiger partial charge in [-0.1, -0.05) is 22.5 Å². The lowest BCUT2D eigenvalue weighted by Gasteiger charge is -2.04. The van der Waals surface area contributed by atoms with Crippen molar-refractivity contribution < 1.29 is 4.92 Å². The third-order valence-electron chi connectivity index (χ3n) is 1.43. The summed E-state index contributed by atoms with van der Waals surface area (Å²) in [7, 11) is 0. The molecule has 0 aliphatic heterocycles. The Kier molecular flexibility index (Phi) is 3.58. The van der Waals surface area contributed by atoms with E-state index in [1.807, 2.05) is 0 Å². The quantitative estimate of drug-likeness (QED) is 0.664. The molecule has 0 aliphatic rings. The number of halogens is 1. The van der Waals surface area contributed by atoms with E-state index in [1.54, 1.807) is 12.1 Å². The van der Waals surface area contributed by atoms with Gasteiger partial charge in [0, 0.05) is 11.0 Å². The summed E-state index contributed by atoms with van der Waals surface area (Å²) in [6.07, 6.45) is 1.38. The van der Waals surface area contributed by atoms with E-state index in [0.717, 1.165) is 4.48 Å². The monoisotopic (exact) mass is 257 g/mol. The highest BCUT2D eigenvalue weighted by atomic mass is 79.9. The van der Waals surface area contributed by atoms with E-state index in [0.29, 0.717) is 12.2 Å². The fourth-order valence-electron chi connectivity index (χ4n) is 0.872. The topological polar surface area (TPSA) is 68.1 Å². The highest BCUT2D eigenvalue weighted by Gasteiger charge is 2.12. The van der Waals surface area contributed by atoms with Gasteiger partial charge in [0.25, 0.3) is 0 Å². The zero-order chi connectivity index (χ0) is 10.6. The Bertz CT molecular complexity index is 367. The molecular formula is C8H8BrN3O2. The van der Waals surface area contributed by atoms with E-state index in [-0.39, 0.29) is 5.82 Å². The van der Waals surface area contributed by atoms with E-state index in [2.05, 4.69) is 32.8 Å². The molecule has 0 aromatic carbocycles. The molecule has 1 N–H and O–H groups in total. The van der Waals surface area contributed by atoms with Crippen LogP contribution >= 0.6 is 15.9 Å². The van der Waals surface area contributed by atoms with Crippen LogP contribution in [0.5, 0.6) is 0 Å². The van der Waals surface area contributed by atoms with Crippen molar-refractivity contribution >= 4 is 27.4 Å². The van der Waals surface area contributed by atoms with E-state index in [9.17, 15) is 10.1 Å². The molecule has 5 nitrogen and oxygen atoms in total. The van der Waals surface area contributed by atoms with Crippen LogP contribution in [0.2, 0.25) is 0 Å². The van der Waals surface area contributed by atoms with Crippen molar-refractivity contribution in [2.24, 2.45) is 0 Å². The van der Waals surface area contributed by atoms with Crippen molar-refractivity contribution in [2.75, 3.05) is 11.9 Å². The summed E-state index contributed by atoms with van der Waals surface area (Å²) in [4.78, 5) is 13.7. The summed E-state index contributed by atoms with van der Waals surface area (Å²) in [5, 5.41) is 13.4. The van der Waals surface area contributed by atoms with E-state index < -0.39 is 4.92 Å². The average molecular weight is 258 g/mol. The van der Waals surface area contributed by atoms with Gasteiger partial charge in [-0.2, -0.15) is 0 Å². The maximum Gasteiger partial charge on any atom is 0.386 e. The first kappa shape index (κ1) is 10.6. The first-order chi connectivity index (χ1) is 6.61. The zero-order valence-electron chi connectivity index (χ0n) is 7.24. The maximum absolute atomic E-state index is 10.5. The highest BCUT2D eigenvalue weighted by Crippen LogP contribution is 2.20. The van der Waals surface area contributed by atoms with Gasteiger partial charge in [-0.3, -0.25) is 0 Å². The van der Waals surface area contributed by atoms with Crippen molar-refractivity contribution in [2.45, 2.75) is 0 Å². The lowest BCUT2D eigenvalue weighted by Crippen LogP contribution is -2.04. The molecule has 6 heteroatoms. The molecule has 0 radical (unpaired) electrons. The molecule has 0 unspecified atom stereocenters. The summed E-state index contributed by atoms with van der Waals surface area (Å²) in [6, 6.07) is 3.23. The predicted molar refractivity (Wildman–Crippen MR) is 57.4 cm³/mol. The minimum Gasteiger partial charge on any atom is -0.374 e. The van der Waals surface area contributed by atoms with Crippen molar-refractivity contribution in [1.82, 2.24) is 4.98 Å². The molecule has 1 aromatic heterocycles. The second-order valence-corrected chi connectivity index (χ2v) is 3.62. The summed E-state index contributed by atoms with van der Waals surface area (Å²) >= 11 is 3.15. The Morgan fingerprint density at radius 2 is 2.50 bits per heavy atom. The molecule has 0 aliphatic carbocycles. The van der Waals surface area contributed by atoms with E-state index in [1.165, 1.54) is 6.20 Å². The average Bonchev–Trinajstić information content (AvgIpc) is 2.15. The molecule has 1 heterocycles. The molecule has 0 amide bonds. The van der Waals surface area contributed by atoms with Crippen molar-refractivity contribution in [3.8, 4) is 0 Å². The lowest BCUT2D eigenvalue weighted by atomic mass is 10.4. The number of anilines is 1. The second-order valence-electron chi connectivity index (χ2n) is 2.50. The molecule has 14 heavy (non-hydrogen) atoms. The fraction of sp³-hybridized carbons (Fsp3) is 0.125. The highest BCUT2D eigenvalue weighted by molar-refractivity contribution is 9.11. The third kappa shape index (κ3) is 2.81. The van der Waals surface area contributed by atoms with E-state index >= 15 is 0 Å². The Hall–Kier alpha value is -1.43. The van der Waals surface area contributed by atoms with Gasteiger partial charge in [0.15, 0.2) is 0 Å². The summed E-state index contributed by atoms with van der Waals surface area (Å²) < 4.78 is 0.718. The number of hydrogen-bond acceptors (Lipinski definition) is 4. The Morgan fingerprint density at radius 1 is 1.79 bits per heavy atom. The van der Waals surface area contributed by atoms with Crippen LogP contribution in [-0.2, 0) is 0 Å². The van der Waals surface area contributed by atoms with Crippen LogP contribution in [0.4, 0.5) is 11.5 Å². The van der Waals surface area contributed by atoms with Crippen molar-refractivity contribution in [3.05, 3.63) is 39.5 Å². The van der Waals surface area contributed by atoms with Gasteiger partial charge >= 0.3 is 5.82 Å². The Labute approximate surface area is 89.1 Å². The van der Waals surface area contributed by atoms with Crippen LogP contribution in [-0.4, -0.2) is 16.5 Å². The largest absolute Gasteiger partial charge is 0.386 e. The van der Waals surface area contributed by atoms with Crippen LogP contribution in [0.1, 0.15) is 0 Å². The standard InChI is InChI=1S/C8H8BrN3O2/c1-6(9)5-11-7-3-2-4-10-8(7)12(13)14/h2-4,11H,1,5H2. The number of aromatic nitrogens is 1. The van der Waals surface area contributed by atoms with Gasteiger partial charge in [-0.15, -0.1) is 0 Å². The molecule has 0 saturated heterocycles. The van der Waals surface area contributed by atoms with Gasteiger partial charge in [-0.05, 0) is 22.0 Å². The van der Waals surface area contributed by atoms with E-state index in [4.69, 9.17) is 0 Å². The smallest absolute Gasteiger partial charge is 0.374 e. The molecule has 0 saturated carbocycles. The molecule has 1 aromatic rings. The van der Waals surface area contributed by atoms with Gasteiger partial charge < -0.3 is 15.4 Å². The molecule has 0 fully saturated rings. The molecule has 0 bridgehead atoms. The minimum atomic E-state index is -0.528. The molecule has 74 valence electrons. The van der Waals surface area contributed by atoms with Crippen LogP contribution in [0, 0.1) is 10.1 Å². The third-order valence-corrected chi connectivity index (χ3v) is 1.71. The zero-order valence-corrected chi connectivity index (χ0v) is 8.82. The molecule has 0 atom stereocenters. The van der Waals surface area contributed by atoms with Crippen LogP contribution in [0.15, 0.2) is 29.4 Å². The number of nitrogens with zero attached hydrogens (tertiary/aromatic N) is 2. The van der Waals surface area contributed by atoms with Crippen LogP contribution in [0.3, 0.4) is 0 Å². The fourth-order valence-corrected chi connectivity index (χ4v) is 1.01. The molecular weight excluding hydrogens is 250 g/mol. The first-order valence-corrected chi connectivity index (χ1v) is 4.57. The summed E-state index contributed by atoms with van der Waals surface area (Å²) in [5.41, 5.74) is 0.387. The predicted octanol–water partition coefficient (Wildman–Crippen LogP) is 2.31. The maximum atomic E-state index is 10.5. The summed E-state index contributed by atoms with van der Waals surface area (Å²) in [5.74, 6) is -0.179. The van der Waals surface area contributed by atoms with Crippen molar-refractivity contribution in [1.29, 1.82) is 0 Å². The Morgan fingerprint density at radius 3 is 3.07 bits per heavy atom. The number of hydrogen-bond donors (Lipinski definition) is 1. The summed E-state index contributed by atoms with van der Waals surface area (Å²) in [6.45, 7) is 4.03. The SMILES string of the molecule is C=C(Br)CNc1cccnc1[N+](=O)[O-]. The minimum absolute atomic E-state index is 0.179.